The first-order valence-electron chi connectivity index (χ1n) is 10.3. The lowest BCUT2D eigenvalue weighted by atomic mass is 9.95. The van der Waals surface area contributed by atoms with Crippen molar-refractivity contribution in [3.05, 3.63) is 71.4 Å². The van der Waals surface area contributed by atoms with E-state index in [0.29, 0.717) is 42.9 Å². The van der Waals surface area contributed by atoms with Crippen LogP contribution in [0.5, 0.6) is 5.75 Å². The number of nitrogens with zero attached hydrogens (tertiary/aromatic N) is 1. The lowest BCUT2D eigenvalue weighted by molar-refractivity contribution is -0.136. The first kappa shape index (κ1) is 23.3. The average molecular weight is 441 g/mol. The van der Waals surface area contributed by atoms with Gasteiger partial charge >= 0.3 is 5.97 Å². The van der Waals surface area contributed by atoms with E-state index in [1.165, 1.54) is 19.2 Å². The van der Waals surface area contributed by atoms with Gasteiger partial charge in [-0.3, -0.25) is 9.78 Å². The molecule has 0 aliphatic heterocycles. The van der Waals surface area contributed by atoms with Crippen molar-refractivity contribution in [2.75, 3.05) is 20.3 Å². The van der Waals surface area contributed by atoms with Gasteiger partial charge in [0.1, 0.15) is 0 Å². The van der Waals surface area contributed by atoms with E-state index >= 15 is 0 Å². The Morgan fingerprint density at radius 1 is 1.00 bits per heavy atom. The van der Waals surface area contributed by atoms with Crippen LogP contribution in [0.25, 0.3) is 22.4 Å². The predicted molar refractivity (Wildman–Crippen MR) is 118 cm³/mol. The molecule has 0 saturated carbocycles. The quantitative estimate of drug-likeness (QED) is 0.433. The maximum Gasteiger partial charge on any atom is 0.303 e. The monoisotopic (exact) mass is 441 g/mol. The van der Waals surface area contributed by atoms with Gasteiger partial charge in [0, 0.05) is 30.4 Å². The summed E-state index contributed by atoms with van der Waals surface area (Å²) in [7, 11) is 1.21. The molecule has 0 fully saturated rings. The number of carboxylic acid groups (broad SMARTS) is 1. The second-order valence-electron chi connectivity index (χ2n) is 7.25. The Morgan fingerprint density at radius 3 is 2.28 bits per heavy atom. The van der Waals surface area contributed by atoms with Crippen molar-refractivity contribution in [2.24, 2.45) is 0 Å². The van der Waals surface area contributed by atoms with Gasteiger partial charge in [-0.2, -0.15) is 0 Å². The minimum Gasteiger partial charge on any atom is -0.491 e. The summed E-state index contributed by atoms with van der Waals surface area (Å²) in [5.74, 6) is -2.91. The van der Waals surface area contributed by atoms with E-state index in [9.17, 15) is 13.6 Å². The predicted octanol–water partition coefficient (Wildman–Crippen LogP) is 5.30. The molecule has 0 bridgehead atoms. The standard InChI is InChI=1S/C25H25F2NO4/c1-3-32-11-10-17-12-20(18-7-4-16(5-8-18)6-9-23(29)30)24(28-15-17)19-13-21(26)25(31-2)22(27)14-19/h4-5,7-8,12-15H,3,6,9-11H2,1-2H3,(H,29,30). The first-order valence-corrected chi connectivity index (χ1v) is 10.3. The highest BCUT2D eigenvalue weighted by Gasteiger charge is 2.17. The summed E-state index contributed by atoms with van der Waals surface area (Å²) in [6.07, 6.45) is 2.79. The molecule has 2 aromatic carbocycles. The van der Waals surface area contributed by atoms with E-state index in [2.05, 4.69) is 4.98 Å². The zero-order chi connectivity index (χ0) is 23.1. The van der Waals surface area contributed by atoms with Crippen molar-refractivity contribution >= 4 is 5.97 Å². The molecule has 0 unspecified atom stereocenters. The molecule has 5 nitrogen and oxygen atoms in total. The first-order chi connectivity index (χ1) is 15.4. The summed E-state index contributed by atoms with van der Waals surface area (Å²) in [6.45, 7) is 3.07. The molecule has 0 spiro atoms. The minimum absolute atomic E-state index is 0.0451. The van der Waals surface area contributed by atoms with Gasteiger partial charge in [0.25, 0.3) is 0 Å². The Labute approximate surface area is 185 Å². The number of hydrogen-bond donors (Lipinski definition) is 1. The van der Waals surface area contributed by atoms with Gasteiger partial charge in [0.05, 0.1) is 19.4 Å². The van der Waals surface area contributed by atoms with Crippen LogP contribution in [-0.4, -0.2) is 36.4 Å². The van der Waals surface area contributed by atoms with Crippen LogP contribution in [0.1, 0.15) is 24.5 Å². The lowest BCUT2D eigenvalue weighted by Crippen LogP contribution is -2.01. The van der Waals surface area contributed by atoms with E-state index in [0.717, 1.165) is 16.7 Å². The molecule has 1 N–H and O–H groups in total. The fourth-order valence-electron chi connectivity index (χ4n) is 3.42. The highest BCUT2D eigenvalue weighted by molar-refractivity contribution is 5.81. The number of aromatic nitrogens is 1. The van der Waals surface area contributed by atoms with Crippen LogP contribution >= 0.6 is 0 Å². The van der Waals surface area contributed by atoms with Crippen molar-refractivity contribution in [1.82, 2.24) is 4.98 Å². The lowest BCUT2D eigenvalue weighted by Gasteiger charge is -2.14. The second-order valence-corrected chi connectivity index (χ2v) is 7.25. The molecule has 1 aromatic heterocycles. The van der Waals surface area contributed by atoms with Crippen LogP contribution < -0.4 is 4.74 Å². The molecule has 1 heterocycles. The fourth-order valence-corrected chi connectivity index (χ4v) is 3.42. The van der Waals surface area contributed by atoms with E-state index in [-0.39, 0.29) is 6.42 Å². The highest BCUT2D eigenvalue weighted by Crippen LogP contribution is 2.34. The summed E-state index contributed by atoms with van der Waals surface area (Å²) in [4.78, 5) is 15.3. The average Bonchev–Trinajstić information content (AvgIpc) is 2.78. The fraction of sp³-hybridized carbons (Fsp3) is 0.280. The van der Waals surface area contributed by atoms with E-state index in [1.807, 2.05) is 37.3 Å². The summed E-state index contributed by atoms with van der Waals surface area (Å²) < 4.78 is 38.9. The van der Waals surface area contributed by atoms with Crippen molar-refractivity contribution in [2.45, 2.75) is 26.2 Å². The highest BCUT2D eigenvalue weighted by atomic mass is 19.1. The van der Waals surface area contributed by atoms with Crippen molar-refractivity contribution in [1.29, 1.82) is 0 Å². The van der Waals surface area contributed by atoms with Crippen LogP contribution in [0, 0.1) is 11.6 Å². The van der Waals surface area contributed by atoms with Gasteiger partial charge in [-0.1, -0.05) is 24.3 Å². The molecule has 0 saturated heterocycles. The van der Waals surface area contributed by atoms with Crippen LogP contribution in [0.15, 0.2) is 48.7 Å². The molecule has 0 aliphatic rings. The normalized spacial score (nSPS) is 10.9. The zero-order valence-electron chi connectivity index (χ0n) is 18.0. The second kappa shape index (κ2) is 10.8. The van der Waals surface area contributed by atoms with Crippen molar-refractivity contribution in [3.8, 4) is 28.1 Å². The number of aliphatic carboxylic acids is 1. The molecule has 0 amide bonds. The SMILES string of the molecule is CCOCCc1cnc(-c2cc(F)c(OC)c(F)c2)c(-c2ccc(CCC(=O)O)cc2)c1. The molecule has 0 atom stereocenters. The smallest absolute Gasteiger partial charge is 0.303 e. The number of carboxylic acids is 1. The number of hydrogen-bond acceptors (Lipinski definition) is 4. The van der Waals surface area contributed by atoms with Gasteiger partial charge in [0.2, 0.25) is 0 Å². The summed E-state index contributed by atoms with van der Waals surface area (Å²) >= 11 is 0. The van der Waals surface area contributed by atoms with E-state index in [4.69, 9.17) is 14.6 Å². The van der Waals surface area contributed by atoms with Crippen LogP contribution in [0.2, 0.25) is 0 Å². The van der Waals surface area contributed by atoms with E-state index < -0.39 is 23.4 Å². The third kappa shape index (κ3) is 5.68. The molecular weight excluding hydrogens is 416 g/mol. The number of pyridine rings is 1. The Hall–Kier alpha value is -3.32. The Balaban J connectivity index is 2.03. The number of carbonyl (C=O) groups is 1. The molecule has 32 heavy (non-hydrogen) atoms. The molecule has 0 radical (unpaired) electrons. The topological polar surface area (TPSA) is 68.7 Å². The molecule has 0 aliphatic carbocycles. The number of methoxy groups -OCH3 is 1. The number of ether oxygens (including phenoxy) is 2. The molecule has 3 rings (SSSR count). The molecular formula is C25H25F2NO4. The molecule has 7 heteroatoms. The minimum atomic E-state index is -0.855. The van der Waals surface area contributed by atoms with Crippen LogP contribution in [0.3, 0.4) is 0 Å². The Kier molecular flexibility index (Phi) is 7.89. The summed E-state index contributed by atoms with van der Waals surface area (Å²) in [5, 5.41) is 8.88. The molecule has 168 valence electrons. The van der Waals surface area contributed by atoms with Gasteiger partial charge in [-0.15, -0.1) is 0 Å². The van der Waals surface area contributed by atoms with Gasteiger partial charge in [0.15, 0.2) is 17.4 Å². The van der Waals surface area contributed by atoms with Crippen molar-refractivity contribution in [3.63, 3.8) is 0 Å². The van der Waals surface area contributed by atoms with E-state index in [1.54, 1.807) is 6.20 Å². The number of halogens is 2. The number of aryl methyl sites for hydroxylation is 1. The number of rotatable bonds is 10. The Bertz CT molecular complexity index is 1060. The maximum atomic E-state index is 14.4. The Morgan fingerprint density at radius 2 is 1.69 bits per heavy atom. The van der Waals surface area contributed by atoms with Crippen LogP contribution in [-0.2, 0) is 22.4 Å². The molecule has 3 aromatic rings. The largest absolute Gasteiger partial charge is 0.491 e. The summed E-state index contributed by atoms with van der Waals surface area (Å²) in [5.41, 5.74) is 4.07. The third-order valence-electron chi connectivity index (χ3n) is 5.05. The zero-order valence-corrected chi connectivity index (χ0v) is 18.0. The van der Waals surface area contributed by atoms with Crippen molar-refractivity contribution < 1.29 is 28.2 Å². The van der Waals surface area contributed by atoms with Gasteiger partial charge < -0.3 is 14.6 Å². The van der Waals surface area contributed by atoms with Crippen LogP contribution in [0.4, 0.5) is 8.78 Å². The summed E-state index contributed by atoms with van der Waals surface area (Å²) in [6, 6.07) is 11.8. The van der Waals surface area contributed by atoms with Gasteiger partial charge in [-0.05, 0) is 54.7 Å². The maximum absolute atomic E-state index is 14.4. The third-order valence-corrected chi connectivity index (χ3v) is 5.05. The van der Waals surface area contributed by atoms with Gasteiger partial charge in [-0.25, -0.2) is 8.78 Å². The number of benzene rings is 2.